The molecule has 0 saturated carbocycles. The molecule has 0 fully saturated rings. The monoisotopic (exact) mass is 305 g/mol. The minimum atomic E-state index is -0.193. The van der Waals surface area contributed by atoms with Gasteiger partial charge in [0, 0.05) is 31.4 Å². The van der Waals surface area contributed by atoms with Crippen molar-refractivity contribution < 1.29 is 4.74 Å². The van der Waals surface area contributed by atoms with Crippen molar-refractivity contribution in [3.05, 3.63) is 70.6 Å². The Morgan fingerprint density at radius 1 is 1.13 bits per heavy atom. The Kier molecular flexibility index (Phi) is 3.71. The summed E-state index contributed by atoms with van der Waals surface area (Å²) in [6.07, 6.45) is 0. The van der Waals surface area contributed by atoms with Crippen molar-refractivity contribution in [3.8, 4) is 11.8 Å². The van der Waals surface area contributed by atoms with Crippen LogP contribution < -0.4 is 15.4 Å². The van der Waals surface area contributed by atoms with E-state index >= 15 is 0 Å². The Balaban J connectivity index is 2.22. The van der Waals surface area contributed by atoms with Crippen LogP contribution in [0.4, 0.5) is 5.69 Å². The molecule has 1 heterocycles. The van der Waals surface area contributed by atoms with Crippen molar-refractivity contribution in [2.24, 2.45) is 5.73 Å². The molecule has 0 aliphatic carbocycles. The van der Waals surface area contributed by atoms with Gasteiger partial charge in [-0.25, -0.2) is 0 Å². The van der Waals surface area contributed by atoms with Crippen molar-refractivity contribution in [1.82, 2.24) is 0 Å². The van der Waals surface area contributed by atoms with Crippen LogP contribution in [0.1, 0.15) is 22.6 Å². The number of allylic oxidation sites excluding steroid dienone is 1. The highest BCUT2D eigenvalue weighted by Crippen LogP contribution is 2.44. The Labute approximate surface area is 136 Å². The highest BCUT2D eigenvalue weighted by Gasteiger charge is 2.31. The molecule has 2 aromatic rings. The molecule has 1 aliphatic rings. The Hall–Kier alpha value is -2.93. The minimum absolute atomic E-state index is 0.184. The van der Waals surface area contributed by atoms with Gasteiger partial charge in [-0.05, 0) is 24.1 Å². The average molecular weight is 305 g/mol. The van der Waals surface area contributed by atoms with E-state index in [0.717, 1.165) is 22.4 Å². The van der Waals surface area contributed by atoms with E-state index in [9.17, 15) is 5.26 Å². The molecule has 1 unspecified atom stereocenters. The van der Waals surface area contributed by atoms with E-state index in [4.69, 9.17) is 10.5 Å². The third-order valence-electron chi connectivity index (χ3n) is 4.22. The van der Waals surface area contributed by atoms with Crippen LogP contribution in [-0.2, 0) is 0 Å². The fourth-order valence-corrected chi connectivity index (χ4v) is 2.95. The average Bonchev–Trinajstić information content (AvgIpc) is 2.53. The van der Waals surface area contributed by atoms with Gasteiger partial charge < -0.3 is 15.4 Å². The molecule has 0 amide bonds. The molecule has 2 N–H and O–H groups in total. The lowest BCUT2D eigenvalue weighted by Gasteiger charge is -2.28. The van der Waals surface area contributed by atoms with E-state index in [1.165, 1.54) is 0 Å². The lowest BCUT2D eigenvalue weighted by Crippen LogP contribution is -2.22. The summed E-state index contributed by atoms with van der Waals surface area (Å²) in [6.45, 7) is 2.05. The Morgan fingerprint density at radius 3 is 2.52 bits per heavy atom. The number of hydrogen-bond donors (Lipinski definition) is 1. The molecule has 4 heteroatoms. The van der Waals surface area contributed by atoms with E-state index in [-0.39, 0.29) is 11.8 Å². The van der Waals surface area contributed by atoms with Crippen molar-refractivity contribution in [3.63, 3.8) is 0 Å². The van der Waals surface area contributed by atoms with Gasteiger partial charge in [0.15, 0.2) is 0 Å². The summed E-state index contributed by atoms with van der Waals surface area (Å²) in [5, 5.41) is 9.58. The first kappa shape index (κ1) is 15.0. The van der Waals surface area contributed by atoms with Gasteiger partial charge in [0.05, 0.1) is 5.92 Å². The van der Waals surface area contributed by atoms with Gasteiger partial charge in [-0.3, -0.25) is 0 Å². The number of hydrogen-bond acceptors (Lipinski definition) is 4. The van der Waals surface area contributed by atoms with Crippen LogP contribution in [0, 0.1) is 18.3 Å². The van der Waals surface area contributed by atoms with Gasteiger partial charge in [0.2, 0.25) is 5.88 Å². The molecule has 2 aromatic carbocycles. The zero-order chi connectivity index (χ0) is 16.6. The second-order valence-electron chi connectivity index (χ2n) is 5.90. The zero-order valence-electron chi connectivity index (χ0n) is 13.5. The summed E-state index contributed by atoms with van der Waals surface area (Å²) < 4.78 is 5.73. The largest absolute Gasteiger partial charge is 0.440 e. The van der Waals surface area contributed by atoms with E-state index < -0.39 is 0 Å². The molecule has 0 aromatic heterocycles. The standard InChI is InChI=1S/C19H19N3O/c1-12-6-4-5-7-14(12)18-15-9-8-13(22(2)3)10-17(15)23-19(21)16(18)11-20/h4-10,18H,21H2,1-3H3. The lowest BCUT2D eigenvalue weighted by molar-refractivity contribution is 0.393. The van der Waals surface area contributed by atoms with Crippen LogP contribution in [0.15, 0.2) is 53.9 Å². The molecule has 0 spiro atoms. The molecule has 0 saturated heterocycles. The maximum Gasteiger partial charge on any atom is 0.205 e. The van der Waals surface area contributed by atoms with Crippen molar-refractivity contribution in [2.75, 3.05) is 19.0 Å². The molecule has 116 valence electrons. The normalized spacial score (nSPS) is 16.3. The van der Waals surface area contributed by atoms with Gasteiger partial charge in [-0.1, -0.05) is 30.3 Å². The van der Waals surface area contributed by atoms with Crippen molar-refractivity contribution >= 4 is 5.69 Å². The molecular formula is C19H19N3O. The predicted molar refractivity (Wildman–Crippen MR) is 91.2 cm³/mol. The highest BCUT2D eigenvalue weighted by molar-refractivity contribution is 5.61. The number of aryl methyl sites for hydroxylation is 1. The van der Waals surface area contributed by atoms with Crippen molar-refractivity contribution in [2.45, 2.75) is 12.8 Å². The van der Waals surface area contributed by atoms with E-state index in [0.29, 0.717) is 11.3 Å². The van der Waals surface area contributed by atoms with Crippen LogP contribution in [0.3, 0.4) is 0 Å². The number of nitrogens with two attached hydrogens (primary N) is 1. The molecule has 3 rings (SSSR count). The number of benzene rings is 2. The highest BCUT2D eigenvalue weighted by atomic mass is 16.5. The summed E-state index contributed by atoms with van der Waals surface area (Å²) in [7, 11) is 3.95. The molecule has 0 radical (unpaired) electrons. The summed E-state index contributed by atoms with van der Waals surface area (Å²) in [6, 6.07) is 16.3. The molecule has 1 atom stereocenters. The van der Waals surface area contributed by atoms with Crippen LogP contribution in [0.5, 0.6) is 5.75 Å². The predicted octanol–water partition coefficient (Wildman–Crippen LogP) is 3.28. The first-order valence-electron chi connectivity index (χ1n) is 7.47. The smallest absolute Gasteiger partial charge is 0.205 e. The van der Waals surface area contributed by atoms with Gasteiger partial charge >= 0.3 is 0 Å². The number of ether oxygens (including phenoxy) is 1. The van der Waals surface area contributed by atoms with E-state index in [2.05, 4.69) is 6.07 Å². The summed E-state index contributed by atoms with van der Waals surface area (Å²) in [4.78, 5) is 2.01. The molecule has 4 nitrogen and oxygen atoms in total. The second kappa shape index (κ2) is 5.69. The minimum Gasteiger partial charge on any atom is -0.440 e. The number of anilines is 1. The van der Waals surface area contributed by atoms with Crippen LogP contribution in [0.25, 0.3) is 0 Å². The fraction of sp³-hybridized carbons (Fsp3) is 0.211. The molecule has 23 heavy (non-hydrogen) atoms. The van der Waals surface area contributed by atoms with Crippen LogP contribution >= 0.6 is 0 Å². The van der Waals surface area contributed by atoms with E-state index in [1.54, 1.807) is 0 Å². The van der Waals surface area contributed by atoms with E-state index in [1.807, 2.05) is 68.4 Å². The van der Waals surface area contributed by atoms with Crippen molar-refractivity contribution in [1.29, 1.82) is 5.26 Å². The first-order valence-corrected chi connectivity index (χ1v) is 7.47. The summed E-state index contributed by atoms with van der Waals surface area (Å²) >= 11 is 0. The quantitative estimate of drug-likeness (QED) is 0.925. The number of nitrogens with zero attached hydrogens (tertiary/aromatic N) is 2. The second-order valence-corrected chi connectivity index (χ2v) is 5.90. The number of nitriles is 1. The molecular weight excluding hydrogens is 286 g/mol. The van der Waals surface area contributed by atoms with Crippen LogP contribution in [0.2, 0.25) is 0 Å². The van der Waals surface area contributed by atoms with Crippen LogP contribution in [-0.4, -0.2) is 14.1 Å². The fourth-order valence-electron chi connectivity index (χ4n) is 2.95. The van der Waals surface area contributed by atoms with Gasteiger partial charge in [-0.15, -0.1) is 0 Å². The number of rotatable bonds is 2. The van der Waals surface area contributed by atoms with Gasteiger partial charge in [0.25, 0.3) is 0 Å². The topological polar surface area (TPSA) is 62.3 Å². The maximum atomic E-state index is 9.58. The molecule has 1 aliphatic heterocycles. The maximum absolute atomic E-state index is 9.58. The van der Waals surface area contributed by atoms with Gasteiger partial charge in [-0.2, -0.15) is 5.26 Å². The zero-order valence-corrected chi connectivity index (χ0v) is 13.5. The summed E-state index contributed by atoms with van der Waals surface area (Å²) in [5.41, 5.74) is 10.7. The Bertz CT molecular complexity index is 831. The third kappa shape index (κ3) is 2.51. The Morgan fingerprint density at radius 2 is 1.87 bits per heavy atom. The molecule has 0 bridgehead atoms. The third-order valence-corrected chi connectivity index (χ3v) is 4.22. The van der Waals surface area contributed by atoms with Gasteiger partial charge in [0.1, 0.15) is 17.4 Å². The summed E-state index contributed by atoms with van der Waals surface area (Å²) in [5.74, 6) is 0.700. The lowest BCUT2D eigenvalue weighted by atomic mass is 9.81. The number of fused-ring (bicyclic) bond motifs is 1. The SMILES string of the molecule is Cc1ccccc1C1C(C#N)=C(N)Oc2cc(N(C)C)ccc21. The first-order chi connectivity index (χ1) is 11.0.